The van der Waals surface area contributed by atoms with Crippen molar-refractivity contribution < 1.29 is 27.8 Å². The van der Waals surface area contributed by atoms with Crippen LogP contribution in [0.5, 0.6) is 11.5 Å². The van der Waals surface area contributed by atoms with Crippen molar-refractivity contribution in [3.63, 3.8) is 0 Å². The fourth-order valence-corrected chi connectivity index (χ4v) is 5.75. The maximum absolute atomic E-state index is 15.1. The van der Waals surface area contributed by atoms with Crippen LogP contribution in [0.2, 0.25) is 0 Å². The van der Waals surface area contributed by atoms with E-state index in [2.05, 4.69) is 10.3 Å². The predicted molar refractivity (Wildman–Crippen MR) is 164 cm³/mol. The summed E-state index contributed by atoms with van der Waals surface area (Å²) in [6.07, 6.45) is 1.47. The van der Waals surface area contributed by atoms with Crippen molar-refractivity contribution in [1.82, 2.24) is 10.3 Å². The number of halogens is 2. The first-order chi connectivity index (χ1) is 20.9. The number of benzene rings is 3. The van der Waals surface area contributed by atoms with E-state index in [0.717, 1.165) is 11.1 Å². The van der Waals surface area contributed by atoms with E-state index in [9.17, 15) is 9.59 Å². The smallest absolute Gasteiger partial charge is 0.166 e. The Balaban J connectivity index is 1.25. The molecule has 0 amide bonds. The largest absolute Gasteiger partial charge is 0.453 e. The zero-order valence-electron chi connectivity index (χ0n) is 23.6. The third-order valence-electron chi connectivity index (χ3n) is 6.74. The van der Waals surface area contributed by atoms with Crippen LogP contribution in [0.4, 0.5) is 8.78 Å². The van der Waals surface area contributed by atoms with Crippen molar-refractivity contribution >= 4 is 33.1 Å². The Morgan fingerprint density at radius 3 is 2.33 bits per heavy atom. The molecule has 0 unspecified atom stereocenters. The summed E-state index contributed by atoms with van der Waals surface area (Å²) in [5.41, 5.74) is 3.16. The van der Waals surface area contributed by atoms with Gasteiger partial charge in [0.25, 0.3) is 0 Å². The number of rotatable bonds is 14. The number of methoxy groups -OCH3 is 1. The van der Waals surface area contributed by atoms with E-state index in [1.807, 2.05) is 36.4 Å². The Kier molecular flexibility index (Phi) is 9.99. The van der Waals surface area contributed by atoms with Gasteiger partial charge in [0.1, 0.15) is 23.1 Å². The number of hydrogen-bond acceptors (Lipinski definition) is 7. The molecule has 2 heterocycles. The average molecular weight is 601 g/mol. The first kappa shape index (κ1) is 30.2. The van der Waals surface area contributed by atoms with Gasteiger partial charge in [0.15, 0.2) is 11.6 Å². The normalized spacial score (nSPS) is 11.1. The minimum Gasteiger partial charge on any atom is -0.453 e. The van der Waals surface area contributed by atoms with Gasteiger partial charge in [-0.15, -0.1) is 11.3 Å². The second-order valence-electron chi connectivity index (χ2n) is 10.1. The van der Waals surface area contributed by atoms with E-state index in [0.29, 0.717) is 51.7 Å². The second kappa shape index (κ2) is 14.2. The molecule has 6 nitrogen and oxygen atoms in total. The van der Waals surface area contributed by atoms with E-state index in [1.54, 1.807) is 37.6 Å². The Hall–Kier alpha value is -4.31. The fraction of sp³-hybridized carbons (Fsp3) is 0.206. The van der Waals surface area contributed by atoms with Gasteiger partial charge in [-0.3, -0.25) is 14.6 Å². The van der Waals surface area contributed by atoms with Gasteiger partial charge < -0.3 is 14.8 Å². The van der Waals surface area contributed by atoms with E-state index in [4.69, 9.17) is 9.47 Å². The Morgan fingerprint density at radius 1 is 0.837 bits per heavy atom. The van der Waals surface area contributed by atoms with Crippen LogP contribution in [0.15, 0.2) is 85.1 Å². The van der Waals surface area contributed by atoms with Crippen LogP contribution in [0, 0.1) is 11.6 Å². The zero-order chi connectivity index (χ0) is 30.2. The van der Waals surface area contributed by atoms with Crippen LogP contribution in [0.1, 0.15) is 23.1 Å². The number of ketones is 2. The molecule has 0 radical (unpaired) electrons. The number of hydrogen-bond donors (Lipinski definition) is 1. The Labute approximate surface area is 252 Å². The minimum absolute atomic E-state index is 0.0182. The molecule has 0 spiro atoms. The highest BCUT2D eigenvalue weighted by molar-refractivity contribution is 7.22. The van der Waals surface area contributed by atoms with E-state index < -0.39 is 5.82 Å². The highest BCUT2D eigenvalue weighted by atomic mass is 32.1. The van der Waals surface area contributed by atoms with Gasteiger partial charge in [0, 0.05) is 55.7 Å². The molecule has 2 aromatic heterocycles. The van der Waals surface area contributed by atoms with Crippen LogP contribution in [0.25, 0.3) is 20.7 Å². The molecule has 1 N–H and O–H groups in total. The van der Waals surface area contributed by atoms with Gasteiger partial charge in [0.05, 0.1) is 23.2 Å². The average Bonchev–Trinajstić information content (AvgIpc) is 3.42. The van der Waals surface area contributed by atoms with E-state index in [-0.39, 0.29) is 42.4 Å². The predicted octanol–water partition coefficient (Wildman–Crippen LogP) is 7.08. The summed E-state index contributed by atoms with van der Waals surface area (Å²) in [6.45, 7) is 1.77. The molecule has 0 aliphatic carbocycles. The van der Waals surface area contributed by atoms with Gasteiger partial charge in [0.2, 0.25) is 0 Å². The summed E-state index contributed by atoms with van der Waals surface area (Å²) in [5.74, 6) is -1.08. The molecular weight excluding hydrogens is 570 g/mol. The molecule has 0 saturated heterocycles. The molecule has 5 aromatic rings. The number of carbonyl (C=O) groups is 2. The number of aromatic nitrogens is 1. The number of ether oxygens (including phenoxy) is 2. The molecular formula is C34H30F2N2O4S. The van der Waals surface area contributed by atoms with Gasteiger partial charge >= 0.3 is 0 Å². The number of thiophene rings is 1. The number of Topliss-reactive ketones (excluding diaryl/α,β-unsaturated/α-hetero) is 2. The molecule has 43 heavy (non-hydrogen) atoms. The molecule has 9 heteroatoms. The SMILES string of the molecule is COCCNCc1ccc(-c2cc3nccc(Oc4ccc(CC(=O)CC(=O)Cc5ccccc5)cc4F)c3s2)c(F)c1. The minimum atomic E-state index is -0.636. The monoisotopic (exact) mass is 600 g/mol. The summed E-state index contributed by atoms with van der Waals surface area (Å²) in [4.78, 5) is 29.8. The van der Waals surface area contributed by atoms with Crippen LogP contribution >= 0.6 is 11.3 Å². The zero-order valence-corrected chi connectivity index (χ0v) is 24.4. The Bertz CT molecular complexity index is 1740. The molecule has 220 valence electrons. The summed E-state index contributed by atoms with van der Waals surface area (Å²) >= 11 is 1.31. The number of nitrogens with zero attached hydrogens (tertiary/aromatic N) is 1. The number of carbonyl (C=O) groups excluding carboxylic acids is 2. The highest BCUT2D eigenvalue weighted by Crippen LogP contribution is 2.40. The lowest BCUT2D eigenvalue weighted by molar-refractivity contribution is -0.126. The maximum atomic E-state index is 15.1. The summed E-state index contributed by atoms with van der Waals surface area (Å²) in [5, 5.41) is 3.20. The lowest BCUT2D eigenvalue weighted by Gasteiger charge is -2.09. The van der Waals surface area contributed by atoms with Crippen LogP contribution in [0.3, 0.4) is 0 Å². The van der Waals surface area contributed by atoms with Crippen molar-refractivity contribution in [2.75, 3.05) is 20.3 Å². The fourth-order valence-electron chi connectivity index (χ4n) is 4.65. The Morgan fingerprint density at radius 2 is 1.58 bits per heavy atom. The first-order valence-electron chi connectivity index (χ1n) is 13.8. The lowest BCUT2D eigenvalue weighted by Crippen LogP contribution is -2.18. The number of pyridine rings is 1. The summed E-state index contributed by atoms with van der Waals surface area (Å²) < 4.78 is 41.7. The molecule has 0 aliphatic heterocycles. The van der Waals surface area contributed by atoms with Crippen molar-refractivity contribution in [3.05, 3.63) is 113 Å². The maximum Gasteiger partial charge on any atom is 0.166 e. The van der Waals surface area contributed by atoms with Crippen LogP contribution in [-0.4, -0.2) is 36.8 Å². The van der Waals surface area contributed by atoms with Gasteiger partial charge in [-0.1, -0.05) is 48.5 Å². The van der Waals surface area contributed by atoms with Gasteiger partial charge in [-0.25, -0.2) is 8.78 Å². The molecule has 0 bridgehead atoms. The lowest BCUT2D eigenvalue weighted by atomic mass is 10.0. The van der Waals surface area contributed by atoms with Gasteiger partial charge in [-0.05, 0) is 41.0 Å². The summed E-state index contributed by atoms with van der Waals surface area (Å²) in [7, 11) is 1.63. The standard InChI is InChI=1S/C34H30F2N2O4S/c1-41-14-13-37-21-24-7-9-27(28(35)18-24)33-20-30-34(43-33)32(11-12-38-30)42-31-10-8-23(17-29(31)36)16-26(40)19-25(39)15-22-5-3-2-4-6-22/h2-12,17-18,20,37H,13-16,19,21H2,1H3. The van der Waals surface area contributed by atoms with E-state index >= 15 is 8.78 Å². The molecule has 0 aliphatic rings. The molecule has 3 aromatic carbocycles. The number of nitrogens with one attached hydrogen (secondary N) is 1. The molecule has 0 saturated carbocycles. The van der Waals surface area contributed by atoms with Crippen molar-refractivity contribution in [2.45, 2.75) is 25.8 Å². The van der Waals surface area contributed by atoms with Crippen LogP contribution < -0.4 is 10.1 Å². The quantitative estimate of drug-likeness (QED) is 0.108. The summed E-state index contributed by atoms with van der Waals surface area (Å²) in [6, 6.07) is 22.1. The second-order valence-corrected chi connectivity index (χ2v) is 11.1. The molecule has 5 rings (SSSR count). The third kappa shape index (κ3) is 7.95. The van der Waals surface area contributed by atoms with Gasteiger partial charge in [-0.2, -0.15) is 0 Å². The molecule has 0 atom stereocenters. The van der Waals surface area contributed by atoms with Crippen LogP contribution in [-0.2, 0) is 33.7 Å². The van der Waals surface area contributed by atoms with E-state index in [1.165, 1.54) is 29.5 Å². The van der Waals surface area contributed by atoms with Crippen molar-refractivity contribution in [2.24, 2.45) is 0 Å². The highest BCUT2D eigenvalue weighted by Gasteiger charge is 2.17. The third-order valence-corrected chi connectivity index (χ3v) is 7.91. The van der Waals surface area contributed by atoms with Crippen molar-refractivity contribution in [1.29, 1.82) is 0 Å². The molecule has 0 fully saturated rings. The topological polar surface area (TPSA) is 77.5 Å². The van der Waals surface area contributed by atoms with Crippen molar-refractivity contribution in [3.8, 4) is 21.9 Å². The first-order valence-corrected chi connectivity index (χ1v) is 14.6. The number of fused-ring (bicyclic) bond motifs is 1.